The number of sulfonamides is 1. The Balaban J connectivity index is 2.02. The van der Waals surface area contributed by atoms with Gasteiger partial charge in [0, 0.05) is 12.6 Å². The van der Waals surface area contributed by atoms with Crippen molar-refractivity contribution in [1.29, 1.82) is 0 Å². The van der Waals surface area contributed by atoms with Crippen molar-refractivity contribution in [3.05, 3.63) is 53.6 Å². The van der Waals surface area contributed by atoms with Gasteiger partial charge in [0.15, 0.2) is 0 Å². The van der Waals surface area contributed by atoms with Gasteiger partial charge in [-0.05, 0) is 42.8 Å². The molecule has 2 aromatic rings. The van der Waals surface area contributed by atoms with Crippen molar-refractivity contribution in [1.82, 2.24) is 9.73 Å². The summed E-state index contributed by atoms with van der Waals surface area (Å²) in [4.78, 5) is 12.0. The Labute approximate surface area is 158 Å². The van der Waals surface area contributed by atoms with E-state index in [2.05, 4.69) is 10.5 Å². The van der Waals surface area contributed by atoms with Crippen LogP contribution < -0.4 is 10.2 Å². The molecule has 27 heavy (non-hydrogen) atoms. The third-order valence-electron chi connectivity index (χ3n) is 3.77. The predicted octanol–water partition coefficient (Wildman–Crippen LogP) is 1.48. The fraction of sp³-hybridized carbons (Fsp3) is 0.222. The first-order valence-electron chi connectivity index (χ1n) is 7.96. The van der Waals surface area contributed by atoms with E-state index in [-0.39, 0.29) is 10.6 Å². The van der Waals surface area contributed by atoms with Crippen LogP contribution in [-0.4, -0.2) is 50.7 Å². The molecule has 1 amide bonds. The first kappa shape index (κ1) is 20.4. The van der Waals surface area contributed by atoms with E-state index in [0.717, 1.165) is 4.31 Å². The number of nitrogens with one attached hydrogen (secondary N) is 1. The lowest BCUT2D eigenvalue weighted by molar-refractivity contribution is -0.121. The minimum absolute atomic E-state index is 0.0186. The second kappa shape index (κ2) is 8.65. The highest BCUT2D eigenvalue weighted by atomic mass is 32.2. The number of carbonyl (C=O) groups excluding carboxylic acids is 1. The zero-order valence-corrected chi connectivity index (χ0v) is 16.0. The normalized spacial score (nSPS) is 11.7. The van der Waals surface area contributed by atoms with E-state index in [4.69, 9.17) is 4.74 Å². The maximum atomic E-state index is 12.6. The number of phenolic OH excluding ortho intramolecular Hbond substituents is 1. The molecule has 0 aromatic heterocycles. The zero-order valence-electron chi connectivity index (χ0n) is 15.2. The van der Waals surface area contributed by atoms with Crippen molar-refractivity contribution in [2.75, 3.05) is 20.7 Å². The molecule has 0 unspecified atom stereocenters. The van der Waals surface area contributed by atoms with Gasteiger partial charge in [0.1, 0.15) is 11.5 Å². The van der Waals surface area contributed by atoms with Gasteiger partial charge in [0.25, 0.3) is 5.91 Å². The van der Waals surface area contributed by atoms with E-state index in [9.17, 15) is 18.3 Å². The van der Waals surface area contributed by atoms with Gasteiger partial charge in [0.05, 0.1) is 24.8 Å². The largest absolute Gasteiger partial charge is 0.507 e. The SMILES string of the molecule is COc1ccc(S(=O)(=O)N(C)CC(=O)NN=Cc2ccccc2O)cc1C. The van der Waals surface area contributed by atoms with Crippen molar-refractivity contribution in [3.63, 3.8) is 0 Å². The Hall–Kier alpha value is -2.91. The highest BCUT2D eigenvalue weighted by molar-refractivity contribution is 7.89. The second-order valence-electron chi connectivity index (χ2n) is 5.74. The lowest BCUT2D eigenvalue weighted by Crippen LogP contribution is -2.36. The minimum Gasteiger partial charge on any atom is -0.507 e. The van der Waals surface area contributed by atoms with Crippen molar-refractivity contribution in [2.45, 2.75) is 11.8 Å². The molecule has 0 atom stereocenters. The number of phenols is 1. The van der Waals surface area contributed by atoms with E-state index in [1.54, 1.807) is 31.2 Å². The number of likely N-dealkylation sites (N-methyl/N-ethyl adjacent to an activating group) is 1. The van der Waals surface area contributed by atoms with Crippen LogP contribution in [-0.2, 0) is 14.8 Å². The number of rotatable bonds is 7. The van der Waals surface area contributed by atoms with Crippen LogP contribution in [0.25, 0.3) is 0 Å². The number of hydrazone groups is 1. The van der Waals surface area contributed by atoms with E-state index in [1.807, 2.05) is 0 Å². The fourth-order valence-electron chi connectivity index (χ4n) is 2.28. The third kappa shape index (κ3) is 5.05. The maximum Gasteiger partial charge on any atom is 0.255 e. The molecule has 0 fully saturated rings. The quantitative estimate of drug-likeness (QED) is 0.549. The lowest BCUT2D eigenvalue weighted by Gasteiger charge is -2.17. The fourth-order valence-corrected chi connectivity index (χ4v) is 3.50. The number of carbonyl (C=O) groups is 1. The Kier molecular flexibility index (Phi) is 6.54. The Morgan fingerprint density at radius 3 is 2.63 bits per heavy atom. The number of aromatic hydroxyl groups is 1. The summed E-state index contributed by atoms with van der Waals surface area (Å²) >= 11 is 0. The van der Waals surface area contributed by atoms with Crippen LogP contribution in [0, 0.1) is 6.92 Å². The van der Waals surface area contributed by atoms with Crippen LogP contribution in [0.2, 0.25) is 0 Å². The summed E-state index contributed by atoms with van der Waals surface area (Å²) in [7, 11) is -1.03. The monoisotopic (exact) mass is 391 g/mol. The van der Waals surface area contributed by atoms with Crippen molar-refractivity contribution < 1.29 is 23.1 Å². The average molecular weight is 391 g/mol. The molecule has 2 aromatic carbocycles. The van der Waals surface area contributed by atoms with Crippen LogP contribution in [0.5, 0.6) is 11.5 Å². The number of benzene rings is 2. The zero-order chi connectivity index (χ0) is 20.0. The van der Waals surface area contributed by atoms with Gasteiger partial charge in [-0.3, -0.25) is 4.79 Å². The molecule has 0 aliphatic heterocycles. The highest BCUT2D eigenvalue weighted by Gasteiger charge is 2.23. The summed E-state index contributed by atoms with van der Waals surface area (Å²) in [5, 5.41) is 13.3. The Bertz CT molecular complexity index is 957. The van der Waals surface area contributed by atoms with Gasteiger partial charge in [-0.1, -0.05) is 12.1 Å². The first-order valence-corrected chi connectivity index (χ1v) is 9.40. The van der Waals surface area contributed by atoms with Gasteiger partial charge in [-0.25, -0.2) is 13.8 Å². The van der Waals surface area contributed by atoms with Crippen molar-refractivity contribution >= 4 is 22.1 Å². The van der Waals surface area contributed by atoms with Crippen molar-refractivity contribution in [3.8, 4) is 11.5 Å². The number of nitrogens with zero attached hydrogens (tertiary/aromatic N) is 2. The predicted molar refractivity (Wildman–Crippen MR) is 101 cm³/mol. The van der Waals surface area contributed by atoms with Crippen molar-refractivity contribution in [2.24, 2.45) is 5.10 Å². The number of amides is 1. The summed E-state index contributed by atoms with van der Waals surface area (Å²) in [5.74, 6) is -0.0177. The molecular weight excluding hydrogens is 370 g/mol. The molecule has 0 aliphatic rings. The number of hydrogen-bond acceptors (Lipinski definition) is 6. The minimum atomic E-state index is -3.84. The number of para-hydroxylation sites is 1. The third-order valence-corrected chi connectivity index (χ3v) is 5.57. The number of aryl methyl sites for hydroxylation is 1. The molecule has 2 N–H and O–H groups in total. The molecule has 0 aliphatic carbocycles. The molecule has 0 bridgehead atoms. The number of ether oxygens (including phenoxy) is 1. The second-order valence-corrected chi connectivity index (χ2v) is 7.79. The van der Waals surface area contributed by atoms with Gasteiger partial charge in [-0.15, -0.1) is 0 Å². The molecule has 0 spiro atoms. The number of hydrogen-bond donors (Lipinski definition) is 2. The molecule has 8 nitrogen and oxygen atoms in total. The molecule has 0 saturated carbocycles. The average Bonchev–Trinajstić information content (AvgIpc) is 2.63. The lowest BCUT2D eigenvalue weighted by atomic mass is 10.2. The standard InChI is InChI=1S/C18H21N3O5S/c1-13-10-15(8-9-17(13)26-3)27(24,25)21(2)12-18(23)20-19-11-14-6-4-5-7-16(14)22/h4-11,22H,12H2,1-3H3,(H,20,23). The van der Waals surface area contributed by atoms with E-state index in [0.29, 0.717) is 16.9 Å². The van der Waals surface area contributed by atoms with Crippen LogP contribution in [0.3, 0.4) is 0 Å². The van der Waals surface area contributed by atoms with Crippen LogP contribution in [0.15, 0.2) is 52.5 Å². The molecule has 144 valence electrons. The van der Waals surface area contributed by atoms with Gasteiger partial charge in [-0.2, -0.15) is 9.41 Å². The van der Waals surface area contributed by atoms with E-state index >= 15 is 0 Å². The van der Waals surface area contributed by atoms with Crippen LogP contribution in [0.4, 0.5) is 0 Å². The van der Waals surface area contributed by atoms with Crippen LogP contribution in [0.1, 0.15) is 11.1 Å². The summed E-state index contributed by atoms with van der Waals surface area (Å²) in [6, 6.07) is 10.9. The summed E-state index contributed by atoms with van der Waals surface area (Å²) < 4.78 is 31.2. The molecule has 9 heteroatoms. The van der Waals surface area contributed by atoms with Gasteiger partial charge in [0.2, 0.25) is 10.0 Å². The molecule has 0 radical (unpaired) electrons. The molecule has 0 heterocycles. The molecule has 2 rings (SSSR count). The smallest absolute Gasteiger partial charge is 0.255 e. The maximum absolute atomic E-state index is 12.6. The molecular formula is C18H21N3O5S. The first-order chi connectivity index (χ1) is 12.8. The summed E-state index contributed by atoms with van der Waals surface area (Å²) in [5.41, 5.74) is 3.33. The topological polar surface area (TPSA) is 108 Å². The van der Waals surface area contributed by atoms with E-state index in [1.165, 1.54) is 38.6 Å². The highest BCUT2D eigenvalue weighted by Crippen LogP contribution is 2.23. The van der Waals surface area contributed by atoms with Crippen LogP contribution >= 0.6 is 0 Å². The Morgan fingerprint density at radius 2 is 2.00 bits per heavy atom. The molecule has 0 saturated heterocycles. The summed E-state index contributed by atoms with van der Waals surface area (Å²) in [6.45, 7) is 1.32. The van der Waals surface area contributed by atoms with Gasteiger partial charge >= 0.3 is 0 Å². The summed E-state index contributed by atoms with van der Waals surface area (Å²) in [6.07, 6.45) is 1.27. The Morgan fingerprint density at radius 1 is 1.30 bits per heavy atom. The number of methoxy groups -OCH3 is 1. The van der Waals surface area contributed by atoms with E-state index < -0.39 is 22.5 Å². The van der Waals surface area contributed by atoms with Gasteiger partial charge < -0.3 is 9.84 Å².